The fourth-order valence-electron chi connectivity index (χ4n) is 1.54. The van der Waals surface area contributed by atoms with Crippen molar-refractivity contribution in [1.82, 2.24) is 4.72 Å². The van der Waals surface area contributed by atoms with Crippen LogP contribution >= 0.6 is 11.3 Å². The molecule has 21 heavy (non-hydrogen) atoms. The predicted molar refractivity (Wildman–Crippen MR) is 70.8 cm³/mol. The lowest BCUT2D eigenvalue weighted by molar-refractivity contribution is 0.182. The van der Waals surface area contributed by atoms with Crippen molar-refractivity contribution in [2.24, 2.45) is 0 Å². The molecule has 1 aromatic heterocycles. The Kier molecular flexibility index (Phi) is 4.67. The number of sulfonamides is 1. The molecule has 114 valence electrons. The first kappa shape index (κ1) is 16.0. The van der Waals surface area contributed by atoms with E-state index in [1.807, 2.05) is 4.72 Å². The van der Waals surface area contributed by atoms with E-state index in [0.717, 1.165) is 0 Å². The maximum absolute atomic E-state index is 13.0. The second kappa shape index (κ2) is 6.14. The van der Waals surface area contributed by atoms with E-state index in [0.29, 0.717) is 17.7 Å². The smallest absolute Gasteiger partial charge is 0.240 e. The van der Waals surface area contributed by atoms with Gasteiger partial charge >= 0.3 is 0 Å². The number of aliphatic hydroxyl groups is 1. The molecule has 2 rings (SSSR count). The van der Waals surface area contributed by atoms with Crippen LogP contribution in [0.1, 0.15) is 11.7 Å². The molecule has 0 aliphatic carbocycles. The summed E-state index contributed by atoms with van der Waals surface area (Å²) >= 11 is 1.33. The molecule has 2 aromatic rings. The van der Waals surface area contributed by atoms with E-state index in [2.05, 4.69) is 0 Å². The van der Waals surface area contributed by atoms with Crippen LogP contribution < -0.4 is 4.72 Å². The Morgan fingerprint density at radius 2 is 1.86 bits per heavy atom. The highest BCUT2D eigenvalue weighted by Gasteiger charge is 2.21. The van der Waals surface area contributed by atoms with Gasteiger partial charge in [-0.05, 0) is 34.5 Å². The molecule has 0 radical (unpaired) electrons. The second-order valence-electron chi connectivity index (χ2n) is 4.13. The van der Waals surface area contributed by atoms with E-state index in [1.165, 1.54) is 11.3 Å². The largest absolute Gasteiger partial charge is 0.387 e. The maximum atomic E-state index is 13.0. The zero-order chi connectivity index (χ0) is 15.6. The standard InChI is InChI=1S/C12H10F3NO3S2/c13-9-3-8(4-10(14)12(9)15)21(18,19)16-5-11(17)7-1-2-20-6-7/h1-4,6,11,16-17H,5H2/t11-/m0/s1. The van der Waals surface area contributed by atoms with Crippen LogP contribution in [-0.4, -0.2) is 20.1 Å². The Balaban J connectivity index is 2.15. The second-order valence-corrected chi connectivity index (χ2v) is 6.67. The maximum Gasteiger partial charge on any atom is 0.240 e. The normalized spacial score (nSPS) is 13.3. The van der Waals surface area contributed by atoms with Crippen molar-refractivity contribution in [3.63, 3.8) is 0 Å². The van der Waals surface area contributed by atoms with Crippen LogP contribution in [0.2, 0.25) is 0 Å². The average molecular weight is 337 g/mol. The van der Waals surface area contributed by atoms with E-state index in [9.17, 15) is 26.7 Å². The molecule has 0 unspecified atom stereocenters. The summed E-state index contributed by atoms with van der Waals surface area (Å²) in [6, 6.07) is 2.36. The van der Waals surface area contributed by atoms with Crippen molar-refractivity contribution < 1.29 is 26.7 Å². The van der Waals surface area contributed by atoms with Crippen LogP contribution in [0, 0.1) is 17.5 Å². The lowest BCUT2D eigenvalue weighted by atomic mass is 10.2. The quantitative estimate of drug-likeness (QED) is 0.822. The highest BCUT2D eigenvalue weighted by atomic mass is 32.2. The summed E-state index contributed by atoms with van der Waals surface area (Å²) in [5.74, 6) is -4.95. The minimum absolute atomic E-state index is 0.373. The zero-order valence-corrected chi connectivity index (χ0v) is 12.0. The third-order valence-corrected chi connectivity index (χ3v) is 4.77. The highest BCUT2D eigenvalue weighted by Crippen LogP contribution is 2.19. The molecule has 1 aromatic carbocycles. The summed E-state index contributed by atoms with van der Waals surface area (Å²) in [4.78, 5) is -0.753. The fraction of sp³-hybridized carbons (Fsp3) is 0.167. The van der Waals surface area contributed by atoms with Gasteiger partial charge in [0.25, 0.3) is 0 Å². The molecule has 2 N–H and O–H groups in total. The monoisotopic (exact) mass is 337 g/mol. The van der Waals surface area contributed by atoms with Gasteiger partial charge in [-0.1, -0.05) is 0 Å². The summed E-state index contributed by atoms with van der Waals surface area (Å²) in [7, 11) is -4.26. The number of thiophene rings is 1. The number of hydrogen-bond donors (Lipinski definition) is 2. The van der Waals surface area contributed by atoms with E-state index < -0.39 is 38.5 Å². The molecule has 0 fully saturated rings. The average Bonchev–Trinajstić information content (AvgIpc) is 2.95. The Hall–Kier alpha value is -1.42. The molecule has 9 heteroatoms. The molecule has 0 amide bonds. The zero-order valence-electron chi connectivity index (χ0n) is 10.4. The number of hydrogen-bond acceptors (Lipinski definition) is 4. The van der Waals surface area contributed by atoms with Crippen molar-refractivity contribution in [3.8, 4) is 0 Å². The highest BCUT2D eigenvalue weighted by molar-refractivity contribution is 7.89. The molecule has 4 nitrogen and oxygen atoms in total. The minimum atomic E-state index is -4.26. The third-order valence-electron chi connectivity index (χ3n) is 2.66. The summed E-state index contributed by atoms with van der Waals surface area (Å²) in [5.41, 5.74) is 0.513. The van der Waals surface area contributed by atoms with Gasteiger partial charge in [-0.25, -0.2) is 26.3 Å². The number of halogens is 3. The van der Waals surface area contributed by atoms with Gasteiger partial charge in [-0.15, -0.1) is 0 Å². The van der Waals surface area contributed by atoms with Crippen molar-refractivity contribution in [2.45, 2.75) is 11.0 Å². The van der Waals surface area contributed by atoms with Crippen LogP contribution in [0.4, 0.5) is 13.2 Å². The molecule has 0 saturated carbocycles. The van der Waals surface area contributed by atoms with Crippen molar-refractivity contribution in [2.75, 3.05) is 6.54 Å². The lowest BCUT2D eigenvalue weighted by Gasteiger charge is -2.11. The van der Waals surface area contributed by atoms with Gasteiger partial charge < -0.3 is 5.11 Å². The molecule has 0 aliphatic rings. The van der Waals surface area contributed by atoms with Crippen LogP contribution in [0.15, 0.2) is 33.9 Å². The first-order chi connectivity index (χ1) is 9.81. The summed E-state index contributed by atoms with van der Waals surface area (Å²) in [5, 5.41) is 13.1. The Morgan fingerprint density at radius 1 is 1.24 bits per heavy atom. The molecule has 1 heterocycles. The van der Waals surface area contributed by atoms with Gasteiger partial charge in [0.2, 0.25) is 10.0 Å². The Bertz CT molecular complexity index is 709. The molecule has 1 atom stereocenters. The minimum Gasteiger partial charge on any atom is -0.387 e. The third kappa shape index (κ3) is 3.62. The summed E-state index contributed by atoms with van der Waals surface area (Å²) < 4.78 is 64.6. The molecule has 0 spiro atoms. The van der Waals surface area contributed by atoms with Crippen LogP contribution in [0.3, 0.4) is 0 Å². The Morgan fingerprint density at radius 3 is 2.38 bits per heavy atom. The van der Waals surface area contributed by atoms with Crippen LogP contribution in [-0.2, 0) is 10.0 Å². The van der Waals surface area contributed by atoms with E-state index in [4.69, 9.17) is 0 Å². The Labute approximate surface area is 122 Å². The van der Waals surface area contributed by atoms with Crippen LogP contribution in [0.25, 0.3) is 0 Å². The molecule has 0 bridgehead atoms. The van der Waals surface area contributed by atoms with Crippen LogP contribution in [0.5, 0.6) is 0 Å². The van der Waals surface area contributed by atoms with E-state index >= 15 is 0 Å². The van der Waals surface area contributed by atoms with Gasteiger partial charge in [0.05, 0.1) is 11.0 Å². The van der Waals surface area contributed by atoms with E-state index in [-0.39, 0.29) is 6.54 Å². The van der Waals surface area contributed by atoms with Gasteiger partial charge in [-0.2, -0.15) is 11.3 Å². The summed E-state index contributed by atoms with van der Waals surface area (Å²) in [6.45, 7) is -0.375. The number of rotatable bonds is 5. The van der Waals surface area contributed by atoms with Crippen molar-refractivity contribution in [3.05, 3.63) is 52.0 Å². The van der Waals surface area contributed by atoms with Gasteiger partial charge in [0.15, 0.2) is 17.5 Å². The summed E-state index contributed by atoms with van der Waals surface area (Å²) in [6.07, 6.45) is -1.10. The fourth-order valence-corrected chi connectivity index (χ4v) is 3.31. The SMILES string of the molecule is O=S(=O)(NC[C@H](O)c1ccsc1)c1cc(F)c(F)c(F)c1. The topological polar surface area (TPSA) is 66.4 Å². The molecule has 0 saturated heterocycles. The molecule has 0 aliphatic heterocycles. The number of nitrogens with one attached hydrogen (secondary N) is 1. The predicted octanol–water partition coefficient (Wildman–Crippen LogP) is 2.18. The van der Waals surface area contributed by atoms with Gasteiger partial charge in [0, 0.05) is 6.54 Å². The molecular formula is C12H10F3NO3S2. The van der Waals surface area contributed by atoms with Crippen molar-refractivity contribution in [1.29, 1.82) is 0 Å². The first-order valence-corrected chi connectivity index (χ1v) is 8.08. The number of benzene rings is 1. The first-order valence-electron chi connectivity index (χ1n) is 5.65. The lowest BCUT2D eigenvalue weighted by Crippen LogP contribution is -2.28. The number of aliphatic hydroxyl groups excluding tert-OH is 1. The van der Waals surface area contributed by atoms with Gasteiger partial charge in [-0.3, -0.25) is 0 Å². The molecular weight excluding hydrogens is 327 g/mol. The van der Waals surface area contributed by atoms with E-state index in [1.54, 1.807) is 16.8 Å². The van der Waals surface area contributed by atoms with Crippen molar-refractivity contribution >= 4 is 21.4 Å². The van der Waals surface area contributed by atoms with Gasteiger partial charge in [0.1, 0.15) is 0 Å².